The van der Waals surface area contributed by atoms with E-state index in [1.165, 1.54) is 0 Å². The molecule has 0 fully saturated rings. The van der Waals surface area contributed by atoms with Crippen LogP contribution in [0.1, 0.15) is 12.7 Å². The highest BCUT2D eigenvalue weighted by atomic mass is 16.1. The number of fused-ring (bicyclic) bond motifs is 2. The summed E-state index contributed by atoms with van der Waals surface area (Å²) in [4.78, 5) is 24.1. The Kier molecular flexibility index (Phi) is 3.23. The van der Waals surface area contributed by atoms with Crippen LogP contribution in [0.5, 0.6) is 0 Å². The van der Waals surface area contributed by atoms with Gasteiger partial charge in [-0.3, -0.25) is 19.2 Å². The van der Waals surface area contributed by atoms with E-state index in [9.17, 15) is 4.79 Å². The van der Waals surface area contributed by atoms with Crippen molar-refractivity contribution < 1.29 is 0 Å². The van der Waals surface area contributed by atoms with E-state index < -0.39 is 0 Å². The van der Waals surface area contributed by atoms with Crippen LogP contribution in [0.25, 0.3) is 22.2 Å². The lowest BCUT2D eigenvalue weighted by molar-refractivity contribution is 0.183. The molecule has 4 rings (SSSR count). The maximum atomic E-state index is 12.8. The highest BCUT2D eigenvalue weighted by Gasteiger charge is 2.22. The van der Waals surface area contributed by atoms with E-state index in [1.54, 1.807) is 6.20 Å². The van der Waals surface area contributed by atoms with Gasteiger partial charge in [0.2, 0.25) is 0 Å². The van der Waals surface area contributed by atoms with Crippen molar-refractivity contribution in [2.75, 3.05) is 7.05 Å². The Labute approximate surface area is 134 Å². The molecule has 0 bridgehead atoms. The maximum Gasteiger partial charge on any atom is 0.261 e. The molecule has 1 unspecified atom stereocenters. The molecule has 23 heavy (non-hydrogen) atoms. The molecule has 0 aliphatic carbocycles. The lowest BCUT2D eigenvalue weighted by Crippen LogP contribution is -2.43. The third-order valence-corrected chi connectivity index (χ3v) is 4.59. The minimum absolute atomic E-state index is 0.0533. The van der Waals surface area contributed by atoms with Gasteiger partial charge >= 0.3 is 0 Å². The van der Waals surface area contributed by atoms with Gasteiger partial charge in [0.05, 0.1) is 23.1 Å². The van der Waals surface area contributed by atoms with Crippen LogP contribution in [0, 0.1) is 0 Å². The van der Waals surface area contributed by atoms with E-state index in [0.717, 1.165) is 22.6 Å². The summed E-state index contributed by atoms with van der Waals surface area (Å²) in [6.45, 7) is 3.51. The van der Waals surface area contributed by atoms with Crippen molar-refractivity contribution >= 4 is 10.9 Å². The summed E-state index contributed by atoms with van der Waals surface area (Å²) in [6.07, 6.45) is 1.77. The Morgan fingerprint density at radius 2 is 2.09 bits per heavy atom. The van der Waals surface area contributed by atoms with Crippen molar-refractivity contribution in [3.63, 3.8) is 0 Å². The molecule has 1 aliphatic rings. The van der Waals surface area contributed by atoms with E-state index in [2.05, 4.69) is 23.9 Å². The van der Waals surface area contributed by atoms with Gasteiger partial charge in [-0.25, -0.2) is 4.98 Å². The molecule has 0 amide bonds. The largest absolute Gasteiger partial charge is 0.295 e. The van der Waals surface area contributed by atoms with Gasteiger partial charge in [-0.05, 0) is 38.2 Å². The monoisotopic (exact) mass is 306 g/mol. The fraction of sp³-hybridized carbons (Fsp3) is 0.278. The molecule has 116 valence electrons. The average Bonchev–Trinajstić information content (AvgIpc) is 2.57. The number of nitrogens with zero attached hydrogens (tertiary/aromatic N) is 4. The average molecular weight is 306 g/mol. The molecule has 1 aliphatic heterocycles. The van der Waals surface area contributed by atoms with E-state index in [0.29, 0.717) is 24.5 Å². The quantitative estimate of drug-likeness (QED) is 0.692. The summed E-state index contributed by atoms with van der Waals surface area (Å²) in [5.74, 6) is 0.835. The number of pyridine rings is 1. The lowest BCUT2D eigenvalue weighted by Gasteiger charge is -2.31. The molecule has 0 radical (unpaired) electrons. The molecular formula is C18H18N4O. The Morgan fingerprint density at radius 1 is 1.22 bits per heavy atom. The first kappa shape index (κ1) is 14.1. The molecule has 3 heterocycles. The highest BCUT2D eigenvalue weighted by molar-refractivity contribution is 5.83. The smallest absolute Gasteiger partial charge is 0.261 e. The Morgan fingerprint density at radius 3 is 2.87 bits per heavy atom. The summed E-state index contributed by atoms with van der Waals surface area (Å²) in [7, 11) is 2.06. The first-order valence-electron chi connectivity index (χ1n) is 7.78. The predicted molar refractivity (Wildman–Crippen MR) is 90.2 cm³/mol. The van der Waals surface area contributed by atoms with Crippen LogP contribution in [-0.4, -0.2) is 32.5 Å². The summed E-state index contributed by atoms with van der Waals surface area (Å²) >= 11 is 0. The van der Waals surface area contributed by atoms with Crippen LogP contribution in [-0.2, 0) is 13.1 Å². The fourth-order valence-corrected chi connectivity index (χ4v) is 3.05. The van der Waals surface area contributed by atoms with Gasteiger partial charge in [0.15, 0.2) is 0 Å². The van der Waals surface area contributed by atoms with Gasteiger partial charge in [0, 0.05) is 24.3 Å². The first-order valence-corrected chi connectivity index (χ1v) is 7.78. The van der Waals surface area contributed by atoms with Crippen LogP contribution in [0.15, 0.2) is 47.4 Å². The maximum absolute atomic E-state index is 12.8. The van der Waals surface area contributed by atoms with Crippen molar-refractivity contribution in [2.24, 2.45) is 0 Å². The zero-order chi connectivity index (χ0) is 16.0. The van der Waals surface area contributed by atoms with Gasteiger partial charge in [-0.15, -0.1) is 0 Å². The Hall–Kier alpha value is -2.53. The molecule has 1 aromatic carbocycles. The van der Waals surface area contributed by atoms with Gasteiger partial charge in [0.25, 0.3) is 5.56 Å². The third-order valence-electron chi connectivity index (χ3n) is 4.59. The summed E-state index contributed by atoms with van der Waals surface area (Å²) in [6, 6.07) is 11.9. The normalized spacial score (nSPS) is 18.1. The Bertz CT molecular complexity index is 933. The van der Waals surface area contributed by atoms with Crippen LogP contribution in [0.2, 0.25) is 0 Å². The molecule has 0 saturated carbocycles. The van der Waals surface area contributed by atoms with E-state index >= 15 is 0 Å². The van der Waals surface area contributed by atoms with Gasteiger partial charge in [0.1, 0.15) is 5.82 Å². The summed E-state index contributed by atoms with van der Waals surface area (Å²) in [5.41, 5.74) is 2.66. The molecule has 0 saturated heterocycles. The number of hydrogen-bond donors (Lipinski definition) is 0. The van der Waals surface area contributed by atoms with E-state index in [-0.39, 0.29) is 5.56 Å². The number of benzene rings is 1. The number of aromatic nitrogens is 3. The standard InChI is InChI=1S/C18H18N4O/c1-12-10-22-17(11-21(12)2)20-16-9-13(6-7-14(16)18(22)23)15-5-3-4-8-19-15/h3-9,12H,10-11H2,1-2H3. The van der Waals surface area contributed by atoms with E-state index in [1.807, 2.05) is 41.0 Å². The third kappa shape index (κ3) is 2.33. The number of hydrogen-bond acceptors (Lipinski definition) is 4. The van der Waals surface area contributed by atoms with Crippen molar-refractivity contribution in [3.05, 3.63) is 58.8 Å². The molecule has 5 heteroatoms. The SMILES string of the molecule is CC1Cn2c(nc3cc(-c4ccccn4)ccc3c2=O)CN1C. The van der Waals surface area contributed by atoms with E-state index in [4.69, 9.17) is 4.98 Å². The number of rotatable bonds is 1. The van der Waals surface area contributed by atoms with Crippen LogP contribution < -0.4 is 5.56 Å². The molecular weight excluding hydrogens is 288 g/mol. The highest BCUT2D eigenvalue weighted by Crippen LogP contribution is 2.22. The van der Waals surface area contributed by atoms with Gasteiger partial charge in [-0.2, -0.15) is 0 Å². The first-order chi connectivity index (χ1) is 11.1. The molecule has 3 aromatic rings. The fourth-order valence-electron chi connectivity index (χ4n) is 3.05. The molecule has 1 atom stereocenters. The topological polar surface area (TPSA) is 51.0 Å². The van der Waals surface area contributed by atoms with Gasteiger partial charge < -0.3 is 0 Å². The second kappa shape index (κ2) is 5.28. The zero-order valence-corrected chi connectivity index (χ0v) is 13.2. The molecule has 5 nitrogen and oxygen atoms in total. The molecule has 2 aromatic heterocycles. The van der Waals surface area contributed by atoms with Crippen molar-refractivity contribution in [1.82, 2.24) is 19.4 Å². The van der Waals surface area contributed by atoms with Crippen LogP contribution in [0.4, 0.5) is 0 Å². The van der Waals surface area contributed by atoms with Gasteiger partial charge in [-0.1, -0.05) is 12.1 Å². The second-order valence-corrected chi connectivity index (χ2v) is 6.15. The molecule has 0 N–H and O–H groups in total. The minimum Gasteiger partial charge on any atom is -0.295 e. The van der Waals surface area contributed by atoms with Crippen molar-refractivity contribution in [3.8, 4) is 11.3 Å². The van der Waals surface area contributed by atoms with Crippen LogP contribution >= 0.6 is 0 Å². The Balaban J connectivity index is 1.90. The zero-order valence-electron chi connectivity index (χ0n) is 13.2. The minimum atomic E-state index is 0.0533. The predicted octanol–water partition coefficient (Wildman–Crippen LogP) is 2.29. The van der Waals surface area contributed by atoms with Crippen molar-refractivity contribution in [1.29, 1.82) is 0 Å². The number of likely N-dealkylation sites (N-methyl/N-ethyl adjacent to an activating group) is 1. The molecule has 0 spiro atoms. The summed E-state index contributed by atoms with van der Waals surface area (Å²) in [5, 5.41) is 0.671. The van der Waals surface area contributed by atoms with Crippen molar-refractivity contribution in [2.45, 2.75) is 26.1 Å². The lowest BCUT2D eigenvalue weighted by atomic mass is 10.1. The second-order valence-electron chi connectivity index (χ2n) is 6.15. The summed E-state index contributed by atoms with van der Waals surface area (Å²) < 4.78 is 1.81. The van der Waals surface area contributed by atoms with Crippen LogP contribution in [0.3, 0.4) is 0 Å².